The Hall–Kier alpha value is -1.92. The summed E-state index contributed by atoms with van der Waals surface area (Å²) in [6.45, 7) is 5.66. The first-order valence-corrected chi connectivity index (χ1v) is 5.54. The van der Waals surface area contributed by atoms with Crippen molar-refractivity contribution in [2.45, 2.75) is 39.7 Å². The van der Waals surface area contributed by atoms with Gasteiger partial charge in [-0.15, -0.1) is 0 Å². The molecule has 17 heavy (non-hydrogen) atoms. The average molecular weight is 239 g/mol. The van der Waals surface area contributed by atoms with Crippen molar-refractivity contribution in [3.05, 3.63) is 15.9 Å². The van der Waals surface area contributed by atoms with Crippen LogP contribution >= 0.6 is 0 Å². The van der Waals surface area contributed by atoms with Crippen LogP contribution in [0.1, 0.15) is 32.5 Å². The number of hydrogen-bond donors (Lipinski definition) is 2. The highest BCUT2D eigenvalue weighted by atomic mass is 16.6. The summed E-state index contributed by atoms with van der Waals surface area (Å²) in [6.07, 6.45) is 1.72. The third-order valence-corrected chi connectivity index (χ3v) is 2.53. The van der Waals surface area contributed by atoms with Crippen LogP contribution in [0.15, 0.2) is 0 Å². The fourth-order valence-electron chi connectivity index (χ4n) is 1.56. The second-order valence-corrected chi connectivity index (χ2v) is 3.77. The van der Waals surface area contributed by atoms with Crippen LogP contribution in [0.25, 0.3) is 0 Å². The molecule has 0 bridgehead atoms. The Morgan fingerprint density at radius 3 is 2.47 bits per heavy atom. The first-order valence-electron chi connectivity index (χ1n) is 5.54. The molecule has 0 aliphatic carbocycles. The van der Waals surface area contributed by atoms with Gasteiger partial charge in [-0.2, -0.15) is 0 Å². The van der Waals surface area contributed by atoms with Gasteiger partial charge in [0.2, 0.25) is 11.6 Å². The molecule has 1 heterocycles. The van der Waals surface area contributed by atoms with Crippen molar-refractivity contribution in [3.8, 4) is 0 Å². The second-order valence-electron chi connectivity index (χ2n) is 3.77. The molecule has 3 N–H and O–H groups in total. The molecule has 0 aliphatic rings. The lowest BCUT2D eigenvalue weighted by molar-refractivity contribution is -0.383. The van der Waals surface area contributed by atoms with Gasteiger partial charge in [0, 0.05) is 6.04 Å². The van der Waals surface area contributed by atoms with Crippen LogP contribution < -0.4 is 11.1 Å². The van der Waals surface area contributed by atoms with E-state index >= 15 is 0 Å². The Kier molecular flexibility index (Phi) is 4.19. The Morgan fingerprint density at radius 2 is 2.00 bits per heavy atom. The number of nitro groups is 1. The van der Waals surface area contributed by atoms with E-state index in [4.69, 9.17) is 5.73 Å². The molecule has 7 nitrogen and oxygen atoms in total. The van der Waals surface area contributed by atoms with Gasteiger partial charge in [-0.25, -0.2) is 9.97 Å². The topological polar surface area (TPSA) is 107 Å². The van der Waals surface area contributed by atoms with Crippen molar-refractivity contribution >= 4 is 17.3 Å². The van der Waals surface area contributed by atoms with Crippen LogP contribution in [0.4, 0.5) is 17.3 Å². The first-order chi connectivity index (χ1) is 7.99. The summed E-state index contributed by atoms with van der Waals surface area (Å²) in [4.78, 5) is 18.2. The molecule has 1 aromatic rings. The lowest BCUT2D eigenvalue weighted by Gasteiger charge is -2.15. The van der Waals surface area contributed by atoms with Gasteiger partial charge in [0.15, 0.2) is 0 Å². The molecule has 0 unspecified atom stereocenters. The molecule has 0 atom stereocenters. The lowest BCUT2D eigenvalue weighted by Crippen LogP contribution is -2.20. The number of nitrogens with zero attached hydrogens (tertiary/aromatic N) is 3. The van der Waals surface area contributed by atoms with E-state index < -0.39 is 4.92 Å². The zero-order valence-corrected chi connectivity index (χ0v) is 10.2. The fourth-order valence-corrected chi connectivity index (χ4v) is 1.56. The minimum absolute atomic E-state index is 0.101. The van der Waals surface area contributed by atoms with Crippen molar-refractivity contribution in [2.24, 2.45) is 0 Å². The molecule has 0 fully saturated rings. The summed E-state index contributed by atoms with van der Waals surface area (Å²) >= 11 is 0. The van der Waals surface area contributed by atoms with E-state index in [0.717, 1.165) is 12.8 Å². The molecule has 0 aromatic carbocycles. The zero-order chi connectivity index (χ0) is 13.0. The van der Waals surface area contributed by atoms with E-state index in [1.54, 1.807) is 6.92 Å². The van der Waals surface area contributed by atoms with Crippen molar-refractivity contribution in [1.82, 2.24) is 9.97 Å². The van der Waals surface area contributed by atoms with E-state index in [2.05, 4.69) is 15.3 Å². The van der Waals surface area contributed by atoms with Gasteiger partial charge in [0.1, 0.15) is 5.82 Å². The Bertz CT molecular complexity index is 417. The van der Waals surface area contributed by atoms with Crippen LogP contribution in [-0.4, -0.2) is 20.9 Å². The highest BCUT2D eigenvalue weighted by molar-refractivity contribution is 5.68. The van der Waals surface area contributed by atoms with E-state index in [9.17, 15) is 10.1 Å². The van der Waals surface area contributed by atoms with Crippen molar-refractivity contribution in [2.75, 3.05) is 11.1 Å². The van der Waals surface area contributed by atoms with Gasteiger partial charge in [-0.05, 0) is 19.8 Å². The van der Waals surface area contributed by atoms with Gasteiger partial charge in [-0.3, -0.25) is 10.1 Å². The maximum Gasteiger partial charge on any atom is 0.353 e. The monoisotopic (exact) mass is 239 g/mol. The summed E-state index contributed by atoms with van der Waals surface area (Å²) in [7, 11) is 0. The minimum atomic E-state index is -0.556. The average Bonchev–Trinajstić information content (AvgIpc) is 2.24. The number of nitrogens with two attached hydrogens (primary N) is 1. The fraction of sp³-hybridized carbons (Fsp3) is 0.600. The minimum Gasteiger partial charge on any atom is -0.378 e. The van der Waals surface area contributed by atoms with Crippen LogP contribution in [0.5, 0.6) is 0 Å². The molecule has 0 saturated heterocycles. The highest BCUT2D eigenvalue weighted by Crippen LogP contribution is 2.28. The molecule has 0 saturated carbocycles. The van der Waals surface area contributed by atoms with Gasteiger partial charge in [0.25, 0.3) is 0 Å². The Morgan fingerprint density at radius 1 is 1.41 bits per heavy atom. The van der Waals surface area contributed by atoms with Crippen molar-refractivity contribution in [1.29, 1.82) is 0 Å². The molecular formula is C10H17N5O2. The summed E-state index contributed by atoms with van der Waals surface area (Å²) in [6, 6.07) is 0.141. The van der Waals surface area contributed by atoms with Crippen LogP contribution in [0.2, 0.25) is 0 Å². The molecule has 0 amide bonds. The normalized spacial score (nSPS) is 10.6. The number of nitrogen functional groups attached to an aromatic ring is 1. The number of anilines is 2. The van der Waals surface area contributed by atoms with Crippen LogP contribution in [0.3, 0.4) is 0 Å². The summed E-state index contributed by atoms with van der Waals surface area (Å²) in [5.41, 5.74) is 5.30. The Balaban J connectivity index is 3.16. The summed E-state index contributed by atoms with van der Waals surface area (Å²) < 4.78 is 0. The van der Waals surface area contributed by atoms with Crippen molar-refractivity contribution < 1.29 is 4.92 Å². The molecule has 0 aliphatic heterocycles. The molecule has 1 rings (SSSR count). The predicted octanol–water partition coefficient (Wildman–Crippen LogP) is 1.88. The van der Waals surface area contributed by atoms with Gasteiger partial charge in [0.05, 0.1) is 4.92 Å². The largest absolute Gasteiger partial charge is 0.378 e. The van der Waals surface area contributed by atoms with E-state index in [0.29, 0.717) is 5.82 Å². The van der Waals surface area contributed by atoms with E-state index in [1.165, 1.54) is 0 Å². The SMILES string of the molecule is CCC(CC)Nc1nc(C)nc(N)c1[N+](=O)[O-]. The van der Waals surface area contributed by atoms with Crippen molar-refractivity contribution in [3.63, 3.8) is 0 Å². The van der Waals surface area contributed by atoms with Gasteiger partial charge >= 0.3 is 5.69 Å². The molecule has 1 aromatic heterocycles. The van der Waals surface area contributed by atoms with Crippen LogP contribution in [0, 0.1) is 17.0 Å². The number of aromatic nitrogens is 2. The summed E-state index contributed by atoms with van der Waals surface area (Å²) in [5, 5.41) is 14.0. The van der Waals surface area contributed by atoms with Crippen LogP contribution in [-0.2, 0) is 0 Å². The maximum atomic E-state index is 10.9. The quantitative estimate of drug-likeness (QED) is 0.600. The Labute approximate surface area is 99.6 Å². The number of aryl methyl sites for hydroxylation is 1. The predicted molar refractivity (Wildman–Crippen MR) is 65.8 cm³/mol. The van der Waals surface area contributed by atoms with E-state index in [-0.39, 0.29) is 23.4 Å². The molecule has 0 radical (unpaired) electrons. The third kappa shape index (κ3) is 3.02. The maximum absolute atomic E-state index is 10.9. The first kappa shape index (κ1) is 13.1. The standard InChI is InChI=1S/C10H17N5O2/c1-4-7(5-2)14-10-8(15(16)17)9(11)12-6(3)13-10/h7H,4-5H2,1-3H3,(H3,11,12,13,14). The smallest absolute Gasteiger partial charge is 0.353 e. The molecule has 7 heteroatoms. The number of hydrogen-bond acceptors (Lipinski definition) is 6. The lowest BCUT2D eigenvalue weighted by atomic mass is 10.2. The molecule has 94 valence electrons. The second kappa shape index (κ2) is 5.42. The highest BCUT2D eigenvalue weighted by Gasteiger charge is 2.23. The number of rotatable bonds is 5. The number of nitrogens with one attached hydrogen (secondary N) is 1. The van der Waals surface area contributed by atoms with Gasteiger partial charge in [-0.1, -0.05) is 13.8 Å². The van der Waals surface area contributed by atoms with Gasteiger partial charge < -0.3 is 11.1 Å². The molecule has 0 spiro atoms. The zero-order valence-electron chi connectivity index (χ0n) is 10.2. The summed E-state index contributed by atoms with van der Waals surface area (Å²) in [5.74, 6) is 0.520. The van der Waals surface area contributed by atoms with E-state index in [1.807, 2.05) is 13.8 Å². The third-order valence-electron chi connectivity index (χ3n) is 2.53. The molecular weight excluding hydrogens is 222 g/mol.